The molecule has 2 amide bonds. The van der Waals surface area contributed by atoms with Crippen LogP contribution in [0.1, 0.15) is 48.9 Å². The van der Waals surface area contributed by atoms with E-state index in [-0.39, 0.29) is 29.4 Å². The highest BCUT2D eigenvalue weighted by Crippen LogP contribution is 2.39. The molecule has 1 saturated heterocycles. The van der Waals surface area contributed by atoms with Crippen molar-refractivity contribution in [1.29, 1.82) is 0 Å². The van der Waals surface area contributed by atoms with Crippen LogP contribution in [0.25, 0.3) is 0 Å². The molecule has 0 bridgehead atoms. The molecule has 2 aromatic rings. The Morgan fingerprint density at radius 1 is 1.09 bits per heavy atom. The van der Waals surface area contributed by atoms with Gasteiger partial charge in [0.15, 0.2) is 5.12 Å². The fraction of sp³-hybridized carbons (Fsp3) is 0.385. The molecule has 0 radical (unpaired) electrons. The summed E-state index contributed by atoms with van der Waals surface area (Å²) in [6, 6.07) is 15.0. The summed E-state index contributed by atoms with van der Waals surface area (Å²) in [5.74, 6) is -1.80. The van der Waals surface area contributed by atoms with Crippen LogP contribution in [0.3, 0.4) is 0 Å². The number of rotatable bonds is 6. The molecular weight excluding hydrogens is 452 g/mol. The van der Waals surface area contributed by atoms with Gasteiger partial charge in [0.05, 0.1) is 11.3 Å². The minimum absolute atomic E-state index is 0.179. The third-order valence-electron chi connectivity index (χ3n) is 6.49. The van der Waals surface area contributed by atoms with Gasteiger partial charge in [-0.05, 0) is 42.4 Å². The van der Waals surface area contributed by atoms with Crippen molar-refractivity contribution in [3.05, 3.63) is 71.3 Å². The minimum Gasteiger partial charge on any atom is -0.480 e. The summed E-state index contributed by atoms with van der Waals surface area (Å²) in [6.07, 6.45) is 2.33. The maximum atomic E-state index is 13.6. The van der Waals surface area contributed by atoms with Crippen LogP contribution in [0.15, 0.2) is 54.6 Å². The van der Waals surface area contributed by atoms with E-state index in [0.717, 1.165) is 28.5 Å². The third kappa shape index (κ3) is 5.17. The van der Waals surface area contributed by atoms with Gasteiger partial charge in [-0.3, -0.25) is 14.4 Å². The number of carboxylic acids is 1. The number of fused-ring (bicyclic) bond motifs is 3. The number of hydrogen-bond donors (Lipinski definition) is 2. The Morgan fingerprint density at radius 2 is 1.79 bits per heavy atom. The van der Waals surface area contributed by atoms with Crippen LogP contribution < -0.4 is 5.32 Å². The molecule has 4 rings (SSSR count). The second-order valence-electron chi connectivity index (χ2n) is 8.80. The molecule has 4 atom stereocenters. The van der Waals surface area contributed by atoms with Gasteiger partial charge in [0, 0.05) is 13.3 Å². The number of nitrogens with one attached hydrogen (secondary N) is 1. The molecule has 0 aromatic heterocycles. The molecule has 1 fully saturated rings. The number of aliphatic carboxylic acids is 1. The summed E-state index contributed by atoms with van der Waals surface area (Å²) in [7, 11) is 0. The molecule has 8 heteroatoms. The first-order chi connectivity index (χ1) is 16.3. The SMILES string of the molecule is CC(=O)S[C@H](Cc1ccccc1)C(=O)N[C@@H]1CCC[C@H]2c3ccccc3C[C@H](C(=O)O)N2C1=O. The average Bonchev–Trinajstić information content (AvgIpc) is 2.97. The lowest BCUT2D eigenvalue weighted by Gasteiger charge is -2.41. The monoisotopic (exact) mass is 480 g/mol. The standard InChI is InChI=1S/C26H28N2O5S/c1-16(29)34-23(14-17-8-3-2-4-9-17)24(30)27-20-12-7-13-21-19-11-6-5-10-18(19)15-22(26(32)33)28(21)25(20)31/h2-6,8-11,20-23H,7,12-15H2,1H3,(H,27,30)(H,32,33)/t20-,21+,22-,23-/m1/s1. The summed E-state index contributed by atoms with van der Waals surface area (Å²) in [5.41, 5.74) is 2.85. The lowest BCUT2D eigenvalue weighted by atomic mass is 9.86. The highest BCUT2D eigenvalue weighted by atomic mass is 32.2. The normalized spacial score (nSPS) is 22.7. The van der Waals surface area contributed by atoms with Crippen LogP contribution in [-0.4, -0.2) is 50.2 Å². The van der Waals surface area contributed by atoms with E-state index in [4.69, 9.17) is 0 Å². The van der Waals surface area contributed by atoms with Crippen LogP contribution in [0.5, 0.6) is 0 Å². The topological polar surface area (TPSA) is 104 Å². The summed E-state index contributed by atoms with van der Waals surface area (Å²) in [4.78, 5) is 52.2. The second kappa shape index (κ2) is 10.4. The molecule has 2 aliphatic rings. The maximum absolute atomic E-state index is 13.6. The first-order valence-corrected chi connectivity index (χ1v) is 12.4. The van der Waals surface area contributed by atoms with Crippen LogP contribution in [0.4, 0.5) is 0 Å². The zero-order valence-electron chi connectivity index (χ0n) is 19.0. The van der Waals surface area contributed by atoms with Crippen molar-refractivity contribution in [3.8, 4) is 0 Å². The summed E-state index contributed by atoms with van der Waals surface area (Å²) >= 11 is 0.946. The van der Waals surface area contributed by atoms with E-state index in [9.17, 15) is 24.3 Å². The molecule has 2 N–H and O–H groups in total. The number of amides is 2. The molecule has 0 saturated carbocycles. The Balaban J connectivity index is 1.56. The lowest BCUT2D eigenvalue weighted by molar-refractivity contribution is -0.154. The second-order valence-corrected chi connectivity index (χ2v) is 10.2. The van der Waals surface area contributed by atoms with Gasteiger partial charge < -0.3 is 15.3 Å². The van der Waals surface area contributed by atoms with Gasteiger partial charge in [0.1, 0.15) is 12.1 Å². The predicted octanol–water partition coefficient (Wildman–Crippen LogP) is 3.13. The van der Waals surface area contributed by atoms with Gasteiger partial charge >= 0.3 is 5.97 Å². The van der Waals surface area contributed by atoms with Crippen molar-refractivity contribution in [3.63, 3.8) is 0 Å². The van der Waals surface area contributed by atoms with Crippen LogP contribution in [-0.2, 0) is 32.0 Å². The molecule has 0 unspecified atom stereocenters. The molecule has 2 heterocycles. The number of nitrogens with zero attached hydrogens (tertiary/aromatic N) is 1. The zero-order valence-corrected chi connectivity index (χ0v) is 19.8. The van der Waals surface area contributed by atoms with Crippen molar-refractivity contribution in [2.75, 3.05) is 0 Å². The van der Waals surface area contributed by atoms with Crippen molar-refractivity contribution in [1.82, 2.24) is 10.2 Å². The van der Waals surface area contributed by atoms with E-state index in [1.807, 2.05) is 54.6 Å². The Hall–Kier alpha value is -3.13. The number of thioether (sulfide) groups is 1. The van der Waals surface area contributed by atoms with E-state index in [2.05, 4.69) is 5.32 Å². The quantitative estimate of drug-likeness (QED) is 0.659. The lowest BCUT2D eigenvalue weighted by Crippen LogP contribution is -2.56. The van der Waals surface area contributed by atoms with Gasteiger partial charge in [0.25, 0.3) is 0 Å². The van der Waals surface area contributed by atoms with Gasteiger partial charge in [-0.15, -0.1) is 0 Å². The first kappa shape index (κ1) is 24.0. The van der Waals surface area contributed by atoms with E-state index < -0.39 is 23.3 Å². The van der Waals surface area contributed by atoms with Crippen molar-refractivity contribution < 1.29 is 24.3 Å². The van der Waals surface area contributed by atoms with Crippen molar-refractivity contribution in [2.24, 2.45) is 0 Å². The largest absolute Gasteiger partial charge is 0.480 e. The molecule has 178 valence electrons. The van der Waals surface area contributed by atoms with Gasteiger partial charge in [-0.2, -0.15) is 0 Å². The number of benzene rings is 2. The molecule has 2 aliphatic heterocycles. The number of carbonyl (C=O) groups excluding carboxylic acids is 3. The van der Waals surface area contributed by atoms with Crippen LogP contribution >= 0.6 is 11.8 Å². The predicted molar refractivity (Wildman–Crippen MR) is 129 cm³/mol. The van der Waals surface area contributed by atoms with E-state index in [1.165, 1.54) is 11.8 Å². The molecule has 2 aromatic carbocycles. The summed E-state index contributed by atoms with van der Waals surface area (Å²) in [6.45, 7) is 1.42. The summed E-state index contributed by atoms with van der Waals surface area (Å²) in [5, 5.41) is 11.9. The minimum atomic E-state index is -1.05. The Bertz CT molecular complexity index is 1090. The number of carbonyl (C=O) groups is 4. The molecular formula is C26H28N2O5S. The fourth-order valence-corrected chi connectivity index (χ4v) is 5.81. The molecule has 7 nitrogen and oxygen atoms in total. The van der Waals surface area contributed by atoms with E-state index in [1.54, 1.807) is 0 Å². The van der Waals surface area contributed by atoms with Crippen LogP contribution in [0.2, 0.25) is 0 Å². The van der Waals surface area contributed by atoms with E-state index in [0.29, 0.717) is 25.7 Å². The Morgan fingerprint density at radius 3 is 2.50 bits per heavy atom. The van der Waals surface area contributed by atoms with Gasteiger partial charge in [0.2, 0.25) is 11.8 Å². The smallest absolute Gasteiger partial charge is 0.326 e. The summed E-state index contributed by atoms with van der Waals surface area (Å²) < 4.78 is 0. The Kier molecular flexibility index (Phi) is 7.36. The fourth-order valence-electron chi connectivity index (χ4n) is 4.96. The maximum Gasteiger partial charge on any atom is 0.326 e. The van der Waals surface area contributed by atoms with E-state index >= 15 is 0 Å². The van der Waals surface area contributed by atoms with Crippen molar-refractivity contribution in [2.45, 2.75) is 62.4 Å². The molecule has 34 heavy (non-hydrogen) atoms. The van der Waals surface area contributed by atoms with Gasteiger partial charge in [-0.1, -0.05) is 66.4 Å². The zero-order chi connectivity index (χ0) is 24.2. The van der Waals surface area contributed by atoms with Crippen molar-refractivity contribution >= 4 is 34.7 Å². The first-order valence-electron chi connectivity index (χ1n) is 11.5. The molecule has 0 spiro atoms. The number of hydrogen-bond acceptors (Lipinski definition) is 5. The molecule has 0 aliphatic carbocycles. The highest BCUT2D eigenvalue weighted by Gasteiger charge is 2.45. The number of carboxylic acid groups (broad SMARTS) is 1. The Labute approximate surface area is 202 Å². The third-order valence-corrected chi connectivity index (χ3v) is 7.49. The highest BCUT2D eigenvalue weighted by molar-refractivity contribution is 8.14. The van der Waals surface area contributed by atoms with Gasteiger partial charge in [-0.25, -0.2) is 4.79 Å². The average molecular weight is 481 g/mol. The van der Waals surface area contributed by atoms with Crippen LogP contribution in [0, 0.1) is 0 Å².